The van der Waals surface area contributed by atoms with Crippen LogP contribution in [0, 0.1) is 6.92 Å². The number of carbonyl (C=O) groups excluding carboxylic acids is 2. The van der Waals surface area contributed by atoms with E-state index in [1.807, 2.05) is 0 Å². The minimum atomic E-state index is -0.205. The second kappa shape index (κ2) is 9.86. The maximum atomic E-state index is 12.5. The van der Waals surface area contributed by atoms with Gasteiger partial charge in [-0.05, 0) is 31.9 Å². The highest BCUT2D eigenvalue weighted by Gasteiger charge is 2.24. The zero-order valence-electron chi connectivity index (χ0n) is 17.3. The van der Waals surface area contributed by atoms with Crippen LogP contribution in [0.2, 0.25) is 5.02 Å². The number of anilines is 1. The Morgan fingerprint density at radius 2 is 1.87 bits per heavy atom. The fourth-order valence-electron chi connectivity index (χ4n) is 3.40. The van der Waals surface area contributed by atoms with Gasteiger partial charge in [0, 0.05) is 31.3 Å². The first-order valence-electron chi connectivity index (χ1n) is 9.70. The van der Waals surface area contributed by atoms with E-state index < -0.39 is 0 Å². The zero-order chi connectivity index (χ0) is 21.7. The van der Waals surface area contributed by atoms with Crippen molar-refractivity contribution in [1.29, 1.82) is 0 Å². The lowest BCUT2D eigenvalue weighted by Gasteiger charge is -2.31. The molecule has 1 fully saturated rings. The number of hydrogen-bond acceptors (Lipinski definition) is 6. The molecular formula is C21H26ClN3O5. The lowest BCUT2D eigenvalue weighted by atomic mass is 10.0. The number of hydrogen-bond donors (Lipinski definition) is 2. The van der Waals surface area contributed by atoms with Gasteiger partial charge in [0.1, 0.15) is 17.3 Å². The molecular weight excluding hydrogens is 410 g/mol. The summed E-state index contributed by atoms with van der Waals surface area (Å²) in [5, 5.41) is 6.25. The van der Waals surface area contributed by atoms with Crippen molar-refractivity contribution in [3.8, 4) is 11.5 Å². The first-order valence-corrected chi connectivity index (χ1v) is 10.1. The smallest absolute Gasteiger partial charge is 0.287 e. The van der Waals surface area contributed by atoms with Crippen molar-refractivity contribution in [1.82, 2.24) is 10.2 Å². The SMILES string of the molecule is COc1cc(NC(=O)CN2CCC(NC(=O)c3ccc(C)o3)CC2)c(OC)cc1Cl. The first kappa shape index (κ1) is 22.0. The van der Waals surface area contributed by atoms with Crippen LogP contribution in [-0.4, -0.2) is 56.6 Å². The summed E-state index contributed by atoms with van der Waals surface area (Å²) in [4.78, 5) is 26.8. The molecule has 0 atom stereocenters. The van der Waals surface area contributed by atoms with Crippen LogP contribution in [-0.2, 0) is 4.79 Å². The Hall–Kier alpha value is -2.71. The molecule has 2 N–H and O–H groups in total. The van der Waals surface area contributed by atoms with E-state index in [1.165, 1.54) is 14.2 Å². The molecule has 3 rings (SSSR count). The van der Waals surface area contributed by atoms with E-state index in [-0.39, 0.29) is 24.4 Å². The molecule has 0 saturated carbocycles. The Bertz CT molecular complexity index is 906. The van der Waals surface area contributed by atoms with Crippen LogP contribution in [0.1, 0.15) is 29.2 Å². The summed E-state index contributed by atoms with van der Waals surface area (Å²) in [6, 6.07) is 6.73. The molecule has 0 radical (unpaired) electrons. The standard InChI is InChI=1S/C21H26ClN3O5/c1-13-4-5-17(30-13)21(27)23-14-6-8-25(9-7-14)12-20(26)24-16-11-18(28-2)15(22)10-19(16)29-3/h4-5,10-11,14H,6-9,12H2,1-3H3,(H,23,27)(H,24,26). The van der Waals surface area contributed by atoms with E-state index in [0.717, 1.165) is 12.8 Å². The van der Waals surface area contributed by atoms with Crippen molar-refractivity contribution >= 4 is 29.1 Å². The molecule has 1 aromatic carbocycles. The van der Waals surface area contributed by atoms with Crippen molar-refractivity contribution in [3.63, 3.8) is 0 Å². The summed E-state index contributed by atoms with van der Waals surface area (Å²) < 4.78 is 15.8. The Morgan fingerprint density at radius 3 is 2.47 bits per heavy atom. The van der Waals surface area contributed by atoms with E-state index >= 15 is 0 Å². The molecule has 0 aliphatic carbocycles. The molecule has 1 saturated heterocycles. The second-order valence-electron chi connectivity index (χ2n) is 7.17. The molecule has 8 nitrogen and oxygen atoms in total. The maximum absolute atomic E-state index is 12.5. The molecule has 0 spiro atoms. The average Bonchev–Trinajstić information content (AvgIpc) is 3.17. The molecule has 2 amide bonds. The van der Waals surface area contributed by atoms with Crippen molar-refractivity contribution in [3.05, 3.63) is 40.8 Å². The van der Waals surface area contributed by atoms with Gasteiger partial charge < -0.3 is 24.5 Å². The maximum Gasteiger partial charge on any atom is 0.287 e. The lowest BCUT2D eigenvalue weighted by Crippen LogP contribution is -2.46. The van der Waals surface area contributed by atoms with Crippen LogP contribution in [0.5, 0.6) is 11.5 Å². The van der Waals surface area contributed by atoms with Crippen LogP contribution < -0.4 is 20.1 Å². The second-order valence-corrected chi connectivity index (χ2v) is 7.58. The number of ether oxygens (including phenoxy) is 2. The predicted octanol–water partition coefficient (Wildman–Crippen LogP) is 3.09. The largest absolute Gasteiger partial charge is 0.495 e. The molecule has 0 bridgehead atoms. The fourth-order valence-corrected chi connectivity index (χ4v) is 3.63. The summed E-state index contributed by atoms with van der Waals surface area (Å²) in [6.45, 7) is 3.45. The molecule has 1 aliphatic rings. The monoisotopic (exact) mass is 435 g/mol. The minimum absolute atomic E-state index is 0.0582. The van der Waals surface area contributed by atoms with Crippen molar-refractivity contribution in [2.75, 3.05) is 39.2 Å². The normalized spacial score (nSPS) is 14.9. The molecule has 0 unspecified atom stereocenters. The van der Waals surface area contributed by atoms with Gasteiger partial charge in [-0.1, -0.05) is 11.6 Å². The van der Waals surface area contributed by atoms with Crippen molar-refractivity contribution in [2.45, 2.75) is 25.8 Å². The van der Waals surface area contributed by atoms with Gasteiger partial charge in [0.15, 0.2) is 5.76 Å². The Balaban J connectivity index is 1.49. The van der Waals surface area contributed by atoms with E-state index in [2.05, 4.69) is 15.5 Å². The predicted molar refractivity (Wildman–Crippen MR) is 114 cm³/mol. The molecule has 30 heavy (non-hydrogen) atoms. The first-order chi connectivity index (χ1) is 14.4. The molecule has 1 aromatic heterocycles. The average molecular weight is 436 g/mol. The van der Waals surface area contributed by atoms with Gasteiger partial charge in [-0.3, -0.25) is 14.5 Å². The highest BCUT2D eigenvalue weighted by Crippen LogP contribution is 2.35. The molecule has 1 aliphatic heterocycles. The molecule has 9 heteroatoms. The van der Waals surface area contributed by atoms with E-state index in [4.69, 9.17) is 25.5 Å². The zero-order valence-corrected chi connectivity index (χ0v) is 18.0. The highest BCUT2D eigenvalue weighted by atomic mass is 35.5. The lowest BCUT2D eigenvalue weighted by molar-refractivity contribution is -0.117. The van der Waals surface area contributed by atoms with Crippen molar-refractivity contribution in [2.24, 2.45) is 0 Å². The van der Waals surface area contributed by atoms with Crippen LogP contribution in [0.15, 0.2) is 28.7 Å². The van der Waals surface area contributed by atoms with Gasteiger partial charge in [-0.25, -0.2) is 0 Å². The number of halogens is 1. The van der Waals surface area contributed by atoms with Crippen LogP contribution >= 0.6 is 11.6 Å². The number of carbonyl (C=O) groups is 2. The summed E-state index contributed by atoms with van der Waals surface area (Å²) in [7, 11) is 3.02. The third kappa shape index (κ3) is 5.46. The number of nitrogens with zero attached hydrogens (tertiary/aromatic N) is 1. The topological polar surface area (TPSA) is 93.0 Å². The van der Waals surface area contributed by atoms with Gasteiger partial charge in [-0.2, -0.15) is 0 Å². The molecule has 2 heterocycles. The number of nitrogens with one attached hydrogen (secondary N) is 2. The number of furan rings is 1. The van der Waals surface area contributed by atoms with Crippen LogP contribution in [0.3, 0.4) is 0 Å². The number of methoxy groups -OCH3 is 2. The number of benzene rings is 1. The Kier molecular flexibility index (Phi) is 7.23. The van der Waals surface area contributed by atoms with Gasteiger partial charge >= 0.3 is 0 Å². The Morgan fingerprint density at radius 1 is 1.17 bits per heavy atom. The van der Waals surface area contributed by atoms with E-state index in [9.17, 15) is 9.59 Å². The third-order valence-electron chi connectivity index (χ3n) is 5.00. The van der Waals surface area contributed by atoms with Gasteiger partial charge in [0.2, 0.25) is 5.91 Å². The van der Waals surface area contributed by atoms with Crippen LogP contribution in [0.25, 0.3) is 0 Å². The Labute approximate surface area is 180 Å². The number of aryl methyl sites for hydroxylation is 1. The number of piperidine rings is 1. The number of amides is 2. The van der Waals surface area contributed by atoms with Gasteiger partial charge in [0.25, 0.3) is 5.91 Å². The fraction of sp³-hybridized carbons (Fsp3) is 0.429. The quantitative estimate of drug-likeness (QED) is 0.694. The summed E-state index contributed by atoms with van der Waals surface area (Å²) in [5.74, 6) is 1.58. The number of likely N-dealkylation sites (tertiary alicyclic amines) is 1. The summed E-state index contributed by atoms with van der Waals surface area (Å²) in [5.41, 5.74) is 0.500. The molecule has 162 valence electrons. The van der Waals surface area contributed by atoms with E-state index in [1.54, 1.807) is 31.2 Å². The number of rotatable bonds is 7. The molecule has 2 aromatic rings. The highest BCUT2D eigenvalue weighted by molar-refractivity contribution is 6.32. The third-order valence-corrected chi connectivity index (χ3v) is 5.30. The van der Waals surface area contributed by atoms with Gasteiger partial charge in [-0.15, -0.1) is 0 Å². The van der Waals surface area contributed by atoms with E-state index in [0.29, 0.717) is 46.8 Å². The van der Waals surface area contributed by atoms with Crippen LogP contribution in [0.4, 0.5) is 5.69 Å². The van der Waals surface area contributed by atoms with Crippen molar-refractivity contribution < 1.29 is 23.5 Å². The van der Waals surface area contributed by atoms with Gasteiger partial charge in [0.05, 0.1) is 31.5 Å². The summed E-state index contributed by atoms with van der Waals surface area (Å²) >= 11 is 6.10. The minimum Gasteiger partial charge on any atom is -0.495 e. The summed E-state index contributed by atoms with van der Waals surface area (Å²) in [6.07, 6.45) is 1.52.